The standard InChI is InChI=1S/C9H16O4.C9H18O/c10-8(11)6-4-2-1-3-5-7-9(12)13;1-2-3-4-5-6-7-8-9-10/h1-7H2,(H,10,11)(H,12,13);9H,2-8H2,1H3. The number of carbonyl (C=O) groups excluding carboxylic acids is 1. The molecule has 0 aliphatic carbocycles. The Morgan fingerprint density at radius 1 is 0.696 bits per heavy atom. The summed E-state index contributed by atoms with van der Waals surface area (Å²) in [6, 6.07) is 0. The lowest BCUT2D eigenvalue weighted by Gasteiger charge is -1.97. The van der Waals surface area contributed by atoms with Crippen LogP contribution < -0.4 is 0 Å². The number of hydrogen-bond donors (Lipinski definition) is 2. The molecule has 0 radical (unpaired) electrons. The van der Waals surface area contributed by atoms with Gasteiger partial charge in [-0.1, -0.05) is 58.3 Å². The highest BCUT2D eigenvalue weighted by Gasteiger charge is 1.98. The Labute approximate surface area is 140 Å². The fraction of sp³-hybridized carbons (Fsp3) is 0.833. The first-order valence-electron chi connectivity index (χ1n) is 8.91. The predicted octanol–water partition coefficient (Wildman–Crippen LogP) is 4.82. The Balaban J connectivity index is 0. The first kappa shape index (κ1) is 23.9. The third-order valence-corrected chi connectivity index (χ3v) is 3.46. The minimum atomic E-state index is -0.759. The second-order valence-electron chi connectivity index (χ2n) is 5.78. The van der Waals surface area contributed by atoms with E-state index in [1.165, 1.54) is 32.1 Å². The molecule has 0 atom stereocenters. The summed E-state index contributed by atoms with van der Waals surface area (Å²) < 4.78 is 0. The van der Waals surface area contributed by atoms with Crippen molar-refractivity contribution in [2.75, 3.05) is 0 Å². The molecule has 0 saturated heterocycles. The molecule has 0 fully saturated rings. The van der Waals surface area contributed by atoms with Gasteiger partial charge in [0.05, 0.1) is 0 Å². The highest BCUT2D eigenvalue weighted by Crippen LogP contribution is 2.07. The van der Waals surface area contributed by atoms with Crippen molar-refractivity contribution in [2.24, 2.45) is 0 Å². The summed E-state index contributed by atoms with van der Waals surface area (Å²) in [5.41, 5.74) is 0. The fourth-order valence-electron chi connectivity index (χ4n) is 2.09. The molecular formula is C18H34O5. The third-order valence-electron chi connectivity index (χ3n) is 3.46. The van der Waals surface area contributed by atoms with Crippen molar-refractivity contribution in [1.82, 2.24) is 0 Å². The molecule has 0 heterocycles. The molecule has 0 rings (SSSR count). The van der Waals surface area contributed by atoms with E-state index in [2.05, 4.69) is 6.92 Å². The largest absolute Gasteiger partial charge is 0.481 e. The SMILES string of the molecule is CCCCCCCCC=O.O=C(O)CCCCCCCC(=O)O. The molecule has 0 aliphatic rings. The Hall–Kier alpha value is -1.39. The Morgan fingerprint density at radius 2 is 1.09 bits per heavy atom. The van der Waals surface area contributed by atoms with Crippen molar-refractivity contribution in [2.45, 2.75) is 96.8 Å². The topological polar surface area (TPSA) is 91.7 Å². The zero-order valence-corrected chi connectivity index (χ0v) is 14.6. The number of rotatable bonds is 15. The van der Waals surface area contributed by atoms with E-state index in [-0.39, 0.29) is 12.8 Å². The molecule has 0 aromatic heterocycles. The molecule has 0 unspecified atom stereocenters. The van der Waals surface area contributed by atoms with Gasteiger partial charge in [0, 0.05) is 19.3 Å². The Kier molecular flexibility index (Phi) is 21.4. The zero-order chi connectivity index (χ0) is 17.8. The molecule has 5 nitrogen and oxygen atoms in total. The quantitative estimate of drug-likeness (QED) is 0.332. The highest BCUT2D eigenvalue weighted by molar-refractivity contribution is 5.66. The van der Waals surface area contributed by atoms with Crippen LogP contribution in [-0.2, 0) is 14.4 Å². The molecule has 0 amide bonds. The Bertz CT molecular complexity index is 271. The van der Waals surface area contributed by atoms with Crippen LogP contribution in [0, 0.1) is 0 Å². The van der Waals surface area contributed by atoms with Crippen LogP contribution in [0.2, 0.25) is 0 Å². The van der Waals surface area contributed by atoms with Crippen LogP contribution in [0.4, 0.5) is 0 Å². The molecule has 136 valence electrons. The van der Waals surface area contributed by atoms with Crippen LogP contribution in [0.1, 0.15) is 96.8 Å². The lowest BCUT2D eigenvalue weighted by molar-refractivity contribution is -0.138. The summed E-state index contributed by atoms with van der Waals surface area (Å²) in [6.45, 7) is 2.21. The van der Waals surface area contributed by atoms with Crippen molar-refractivity contribution in [1.29, 1.82) is 0 Å². The minimum Gasteiger partial charge on any atom is -0.481 e. The average Bonchev–Trinajstić information content (AvgIpc) is 2.50. The first-order valence-corrected chi connectivity index (χ1v) is 8.91. The van der Waals surface area contributed by atoms with Gasteiger partial charge in [0.15, 0.2) is 0 Å². The van der Waals surface area contributed by atoms with E-state index in [1.54, 1.807) is 0 Å². The van der Waals surface area contributed by atoms with Gasteiger partial charge in [0.1, 0.15) is 6.29 Å². The van der Waals surface area contributed by atoms with Crippen molar-refractivity contribution in [3.8, 4) is 0 Å². The number of hydrogen-bond acceptors (Lipinski definition) is 3. The molecule has 0 aliphatic heterocycles. The predicted molar refractivity (Wildman–Crippen MR) is 91.6 cm³/mol. The van der Waals surface area contributed by atoms with Gasteiger partial charge in [-0.15, -0.1) is 0 Å². The molecule has 23 heavy (non-hydrogen) atoms. The van der Waals surface area contributed by atoms with E-state index >= 15 is 0 Å². The number of carboxylic acids is 2. The number of aldehydes is 1. The molecule has 0 spiro atoms. The summed E-state index contributed by atoms with van der Waals surface area (Å²) in [4.78, 5) is 30.1. The lowest BCUT2D eigenvalue weighted by atomic mass is 10.1. The van der Waals surface area contributed by atoms with Crippen LogP contribution >= 0.6 is 0 Å². The van der Waals surface area contributed by atoms with Crippen LogP contribution in [0.25, 0.3) is 0 Å². The number of aliphatic carboxylic acids is 2. The second-order valence-corrected chi connectivity index (χ2v) is 5.78. The lowest BCUT2D eigenvalue weighted by Crippen LogP contribution is -1.95. The molecule has 0 saturated carbocycles. The van der Waals surface area contributed by atoms with Gasteiger partial charge in [-0.2, -0.15) is 0 Å². The van der Waals surface area contributed by atoms with Crippen LogP contribution in [0.3, 0.4) is 0 Å². The summed E-state index contributed by atoms with van der Waals surface area (Å²) >= 11 is 0. The van der Waals surface area contributed by atoms with Gasteiger partial charge in [0.25, 0.3) is 0 Å². The summed E-state index contributed by atoms with van der Waals surface area (Å²) in [6.07, 6.45) is 13.9. The first-order chi connectivity index (χ1) is 11.0. The molecular weight excluding hydrogens is 296 g/mol. The van der Waals surface area contributed by atoms with E-state index in [1.807, 2.05) is 0 Å². The number of carbonyl (C=O) groups is 3. The molecule has 0 aromatic carbocycles. The highest BCUT2D eigenvalue weighted by atomic mass is 16.4. The molecule has 0 aromatic rings. The normalized spacial score (nSPS) is 9.78. The molecule has 2 N–H and O–H groups in total. The molecule has 5 heteroatoms. The van der Waals surface area contributed by atoms with Crippen molar-refractivity contribution >= 4 is 18.2 Å². The van der Waals surface area contributed by atoms with E-state index in [9.17, 15) is 14.4 Å². The van der Waals surface area contributed by atoms with E-state index in [0.717, 1.165) is 38.4 Å². The van der Waals surface area contributed by atoms with Gasteiger partial charge in [-0.05, 0) is 19.3 Å². The summed E-state index contributed by atoms with van der Waals surface area (Å²) in [5, 5.41) is 16.6. The van der Waals surface area contributed by atoms with Crippen molar-refractivity contribution in [3.63, 3.8) is 0 Å². The third kappa shape index (κ3) is 29.3. The van der Waals surface area contributed by atoms with E-state index in [0.29, 0.717) is 12.8 Å². The monoisotopic (exact) mass is 330 g/mol. The van der Waals surface area contributed by atoms with E-state index in [4.69, 9.17) is 10.2 Å². The second kappa shape index (κ2) is 20.6. The maximum absolute atomic E-state index is 10.1. The fourth-order valence-corrected chi connectivity index (χ4v) is 2.09. The van der Waals surface area contributed by atoms with Gasteiger partial charge in [0.2, 0.25) is 0 Å². The minimum absolute atomic E-state index is 0.221. The van der Waals surface area contributed by atoms with Gasteiger partial charge in [-0.3, -0.25) is 9.59 Å². The number of unbranched alkanes of at least 4 members (excludes halogenated alkanes) is 10. The van der Waals surface area contributed by atoms with Gasteiger partial charge in [-0.25, -0.2) is 0 Å². The average molecular weight is 330 g/mol. The van der Waals surface area contributed by atoms with Crippen molar-refractivity contribution in [3.05, 3.63) is 0 Å². The maximum Gasteiger partial charge on any atom is 0.303 e. The summed E-state index contributed by atoms with van der Waals surface area (Å²) in [7, 11) is 0. The van der Waals surface area contributed by atoms with Gasteiger partial charge < -0.3 is 15.0 Å². The molecule has 0 bridgehead atoms. The summed E-state index contributed by atoms with van der Waals surface area (Å²) in [5.74, 6) is -1.52. The van der Waals surface area contributed by atoms with Crippen LogP contribution in [-0.4, -0.2) is 28.4 Å². The van der Waals surface area contributed by atoms with Gasteiger partial charge >= 0.3 is 11.9 Å². The van der Waals surface area contributed by atoms with Crippen LogP contribution in [0.15, 0.2) is 0 Å². The number of carboxylic acid groups (broad SMARTS) is 2. The Morgan fingerprint density at radius 3 is 1.48 bits per heavy atom. The maximum atomic E-state index is 10.1. The van der Waals surface area contributed by atoms with Crippen LogP contribution in [0.5, 0.6) is 0 Å². The van der Waals surface area contributed by atoms with E-state index < -0.39 is 11.9 Å². The zero-order valence-electron chi connectivity index (χ0n) is 14.6. The van der Waals surface area contributed by atoms with Crippen molar-refractivity contribution < 1.29 is 24.6 Å². The smallest absolute Gasteiger partial charge is 0.303 e.